The van der Waals surface area contributed by atoms with Gasteiger partial charge in [-0.05, 0) is 49.6 Å². The van der Waals surface area contributed by atoms with Crippen molar-refractivity contribution in [3.05, 3.63) is 70.0 Å². The van der Waals surface area contributed by atoms with Gasteiger partial charge in [-0.1, -0.05) is 35.4 Å². The Bertz CT molecular complexity index is 555. The summed E-state index contributed by atoms with van der Waals surface area (Å²) in [6, 6.07) is 10.7. The fourth-order valence-corrected chi connectivity index (χ4v) is 2.32. The first-order chi connectivity index (χ1) is 8.47. The van der Waals surface area contributed by atoms with Crippen molar-refractivity contribution in [2.75, 3.05) is 0 Å². The number of halogens is 1. The van der Waals surface area contributed by atoms with Crippen molar-refractivity contribution in [1.82, 2.24) is 0 Å². The Morgan fingerprint density at radius 3 is 2.17 bits per heavy atom. The molecule has 0 aromatic heterocycles. The Balaban J connectivity index is 2.47. The van der Waals surface area contributed by atoms with Crippen molar-refractivity contribution in [3.8, 4) is 0 Å². The van der Waals surface area contributed by atoms with Crippen LogP contribution < -0.4 is 5.73 Å². The van der Waals surface area contributed by atoms with Crippen molar-refractivity contribution in [2.45, 2.75) is 26.8 Å². The summed E-state index contributed by atoms with van der Waals surface area (Å²) in [5.74, 6) is -0.240. The second-order valence-corrected chi connectivity index (χ2v) is 4.90. The minimum absolute atomic E-state index is 0.240. The van der Waals surface area contributed by atoms with Crippen LogP contribution in [0.25, 0.3) is 0 Å². The molecule has 1 atom stereocenters. The smallest absolute Gasteiger partial charge is 0.123 e. The Labute approximate surface area is 107 Å². The van der Waals surface area contributed by atoms with Gasteiger partial charge in [0, 0.05) is 0 Å². The van der Waals surface area contributed by atoms with Gasteiger partial charge in [-0.3, -0.25) is 0 Å². The van der Waals surface area contributed by atoms with Gasteiger partial charge in [-0.15, -0.1) is 0 Å². The number of hydrogen-bond acceptors (Lipinski definition) is 1. The largest absolute Gasteiger partial charge is 0.320 e. The molecule has 0 heterocycles. The lowest BCUT2D eigenvalue weighted by molar-refractivity contribution is 0.622. The summed E-state index contributed by atoms with van der Waals surface area (Å²) >= 11 is 0. The van der Waals surface area contributed by atoms with E-state index in [0.717, 1.165) is 16.7 Å². The van der Waals surface area contributed by atoms with Gasteiger partial charge < -0.3 is 5.73 Å². The van der Waals surface area contributed by atoms with E-state index < -0.39 is 0 Å². The highest BCUT2D eigenvalue weighted by Gasteiger charge is 2.13. The van der Waals surface area contributed by atoms with Crippen LogP contribution in [0.15, 0.2) is 36.4 Å². The molecule has 0 aliphatic heterocycles. The topological polar surface area (TPSA) is 26.0 Å². The molecule has 0 fully saturated rings. The van der Waals surface area contributed by atoms with E-state index in [1.807, 2.05) is 20.8 Å². The Morgan fingerprint density at radius 1 is 0.944 bits per heavy atom. The molecule has 2 N–H and O–H groups in total. The lowest BCUT2D eigenvalue weighted by Crippen LogP contribution is -2.14. The molecule has 1 nitrogen and oxygen atoms in total. The molecule has 94 valence electrons. The van der Waals surface area contributed by atoms with Crippen molar-refractivity contribution in [1.29, 1.82) is 0 Å². The van der Waals surface area contributed by atoms with Crippen LogP contribution in [0.5, 0.6) is 0 Å². The van der Waals surface area contributed by atoms with Crippen LogP contribution in [0.1, 0.15) is 33.9 Å². The van der Waals surface area contributed by atoms with E-state index in [1.165, 1.54) is 23.3 Å². The predicted octanol–water partition coefficient (Wildman–Crippen LogP) is 3.80. The van der Waals surface area contributed by atoms with Crippen LogP contribution in [0, 0.1) is 26.6 Å². The molecule has 0 amide bonds. The number of aryl methyl sites for hydroxylation is 3. The third-order valence-corrected chi connectivity index (χ3v) is 3.18. The molecule has 0 saturated heterocycles. The fraction of sp³-hybridized carbons (Fsp3) is 0.250. The van der Waals surface area contributed by atoms with Crippen LogP contribution in [0.2, 0.25) is 0 Å². The van der Waals surface area contributed by atoms with Crippen molar-refractivity contribution < 1.29 is 4.39 Å². The highest BCUT2D eigenvalue weighted by atomic mass is 19.1. The molecule has 2 heteroatoms. The molecule has 2 aromatic rings. The molecule has 0 saturated carbocycles. The zero-order chi connectivity index (χ0) is 13.3. The summed E-state index contributed by atoms with van der Waals surface area (Å²) < 4.78 is 13.3. The molecule has 18 heavy (non-hydrogen) atoms. The maximum absolute atomic E-state index is 13.3. The standard InChI is InChI=1S/C16H18FN/c1-10-6-11(2)8-13(7-10)16(18)15-9-14(17)5-4-12(15)3/h4-9,16H,18H2,1-3H3. The van der Waals surface area contributed by atoms with Gasteiger partial charge in [0.1, 0.15) is 5.82 Å². The summed E-state index contributed by atoms with van der Waals surface area (Å²) in [5.41, 5.74) is 11.5. The number of benzene rings is 2. The predicted molar refractivity (Wildman–Crippen MR) is 73.1 cm³/mol. The van der Waals surface area contributed by atoms with E-state index in [4.69, 9.17) is 5.73 Å². The second-order valence-electron chi connectivity index (χ2n) is 4.90. The maximum atomic E-state index is 13.3. The first kappa shape index (κ1) is 12.8. The summed E-state index contributed by atoms with van der Waals surface area (Å²) in [4.78, 5) is 0. The van der Waals surface area contributed by atoms with Crippen LogP contribution in [0.4, 0.5) is 4.39 Å². The lowest BCUT2D eigenvalue weighted by atomic mass is 9.93. The molecular weight excluding hydrogens is 225 g/mol. The van der Waals surface area contributed by atoms with E-state index in [2.05, 4.69) is 18.2 Å². The lowest BCUT2D eigenvalue weighted by Gasteiger charge is -2.16. The third kappa shape index (κ3) is 2.59. The van der Waals surface area contributed by atoms with Gasteiger partial charge in [0.05, 0.1) is 6.04 Å². The minimum atomic E-state index is -0.278. The summed E-state index contributed by atoms with van der Waals surface area (Å²) in [6.07, 6.45) is 0. The SMILES string of the molecule is Cc1cc(C)cc(C(N)c2cc(F)ccc2C)c1. The molecule has 1 unspecified atom stereocenters. The molecule has 0 aliphatic rings. The first-order valence-electron chi connectivity index (χ1n) is 6.07. The monoisotopic (exact) mass is 243 g/mol. The van der Waals surface area contributed by atoms with E-state index in [9.17, 15) is 4.39 Å². The van der Waals surface area contributed by atoms with E-state index >= 15 is 0 Å². The summed E-state index contributed by atoms with van der Waals surface area (Å²) in [5, 5.41) is 0. The third-order valence-electron chi connectivity index (χ3n) is 3.18. The molecule has 0 aliphatic carbocycles. The van der Waals surface area contributed by atoms with Crippen molar-refractivity contribution in [2.24, 2.45) is 5.73 Å². The average Bonchev–Trinajstić information content (AvgIpc) is 2.30. The maximum Gasteiger partial charge on any atom is 0.123 e. The first-order valence-corrected chi connectivity index (χ1v) is 6.07. The van der Waals surface area contributed by atoms with Gasteiger partial charge in [0.15, 0.2) is 0 Å². The number of nitrogens with two attached hydrogens (primary N) is 1. The van der Waals surface area contributed by atoms with Gasteiger partial charge in [-0.25, -0.2) is 4.39 Å². The van der Waals surface area contributed by atoms with Gasteiger partial charge in [-0.2, -0.15) is 0 Å². The quantitative estimate of drug-likeness (QED) is 0.853. The normalized spacial score (nSPS) is 12.5. The second kappa shape index (κ2) is 4.91. The van der Waals surface area contributed by atoms with Crippen molar-refractivity contribution in [3.63, 3.8) is 0 Å². The van der Waals surface area contributed by atoms with Gasteiger partial charge in [0.2, 0.25) is 0 Å². The number of hydrogen-bond donors (Lipinski definition) is 1. The summed E-state index contributed by atoms with van der Waals surface area (Å²) in [6.45, 7) is 6.04. The van der Waals surface area contributed by atoms with Gasteiger partial charge in [0.25, 0.3) is 0 Å². The van der Waals surface area contributed by atoms with Crippen LogP contribution in [0.3, 0.4) is 0 Å². The average molecular weight is 243 g/mol. The molecule has 2 aromatic carbocycles. The molecule has 0 spiro atoms. The highest BCUT2D eigenvalue weighted by Crippen LogP contribution is 2.25. The zero-order valence-electron chi connectivity index (χ0n) is 11.0. The van der Waals surface area contributed by atoms with E-state index in [1.54, 1.807) is 6.07 Å². The Kier molecular flexibility index (Phi) is 3.48. The molecular formula is C16H18FN. The van der Waals surface area contributed by atoms with E-state index in [0.29, 0.717) is 0 Å². The van der Waals surface area contributed by atoms with Crippen LogP contribution in [-0.2, 0) is 0 Å². The molecule has 0 radical (unpaired) electrons. The van der Waals surface area contributed by atoms with Crippen LogP contribution >= 0.6 is 0 Å². The Morgan fingerprint density at radius 2 is 1.56 bits per heavy atom. The van der Waals surface area contributed by atoms with E-state index in [-0.39, 0.29) is 11.9 Å². The summed E-state index contributed by atoms with van der Waals surface area (Å²) in [7, 11) is 0. The Hall–Kier alpha value is -1.67. The van der Waals surface area contributed by atoms with Crippen LogP contribution in [-0.4, -0.2) is 0 Å². The fourth-order valence-electron chi connectivity index (χ4n) is 2.32. The van der Waals surface area contributed by atoms with Gasteiger partial charge >= 0.3 is 0 Å². The molecule has 2 rings (SSSR count). The minimum Gasteiger partial charge on any atom is -0.320 e. The number of rotatable bonds is 2. The highest BCUT2D eigenvalue weighted by molar-refractivity contribution is 5.39. The van der Waals surface area contributed by atoms with Crippen molar-refractivity contribution >= 4 is 0 Å². The molecule has 0 bridgehead atoms. The zero-order valence-corrected chi connectivity index (χ0v) is 11.0.